The number of aromatic amines is 1. The number of nitrogens with two attached hydrogens (primary N) is 1. The largest absolute Gasteiger partial charge is 0.366 e. The first-order valence-corrected chi connectivity index (χ1v) is 9.63. The maximum absolute atomic E-state index is 12.6. The highest BCUT2D eigenvalue weighted by atomic mass is 32.1. The van der Waals surface area contributed by atoms with Crippen LogP contribution in [0.25, 0.3) is 10.7 Å². The number of aromatic nitrogens is 3. The molecule has 0 spiro atoms. The lowest BCUT2D eigenvalue weighted by Gasteiger charge is -2.15. The fraction of sp³-hybridized carbons (Fsp3) is 0.222. The molecule has 0 bridgehead atoms. The van der Waals surface area contributed by atoms with E-state index in [-0.39, 0.29) is 5.91 Å². The number of primary amides is 1. The fourth-order valence-corrected chi connectivity index (χ4v) is 3.72. The summed E-state index contributed by atoms with van der Waals surface area (Å²) in [5.41, 5.74) is 6.68. The van der Waals surface area contributed by atoms with Gasteiger partial charge in [-0.25, -0.2) is 0 Å². The zero-order chi connectivity index (χ0) is 19.4. The number of hydrogen-bond donors (Lipinski definition) is 3. The van der Waals surface area contributed by atoms with Crippen molar-refractivity contribution < 1.29 is 9.59 Å². The van der Waals surface area contributed by atoms with Crippen LogP contribution in [-0.4, -0.2) is 33.1 Å². The van der Waals surface area contributed by atoms with Crippen molar-refractivity contribution in [2.45, 2.75) is 19.4 Å². The number of thiophene rings is 1. The second-order valence-electron chi connectivity index (χ2n) is 5.98. The van der Waals surface area contributed by atoms with Gasteiger partial charge in [0.1, 0.15) is 6.04 Å². The number of benzene rings is 1. The minimum absolute atomic E-state index is 0.156. The highest BCUT2D eigenvalue weighted by Gasteiger charge is 2.21. The van der Waals surface area contributed by atoms with Gasteiger partial charge in [0.15, 0.2) is 10.6 Å². The molecule has 0 aliphatic rings. The van der Waals surface area contributed by atoms with Crippen molar-refractivity contribution in [1.29, 1.82) is 0 Å². The van der Waals surface area contributed by atoms with Crippen molar-refractivity contribution in [3.63, 3.8) is 0 Å². The lowest BCUT2D eigenvalue weighted by atomic mass is 10.1. The maximum Gasteiger partial charge on any atom is 0.248 e. The molecule has 1 unspecified atom stereocenters. The van der Waals surface area contributed by atoms with Gasteiger partial charge in [0.25, 0.3) is 0 Å². The van der Waals surface area contributed by atoms with Gasteiger partial charge >= 0.3 is 0 Å². The number of carbonyl (C=O) groups is 2. The van der Waals surface area contributed by atoms with Gasteiger partial charge in [-0.2, -0.15) is 5.10 Å². The summed E-state index contributed by atoms with van der Waals surface area (Å²) in [4.78, 5) is 24.8. The first-order chi connectivity index (χ1) is 13.0. The van der Waals surface area contributed by atoms with Gasteiger partial charge in [-0.1, -0.05) is 18.2 Å². The van der Waals surface area contributed by atoms with Gasteiger partial charge in [0, 0.05) is 12.1 Å². The molecule has 2 heterocycles. The highest BCUT2D eigenvalue weighted by molar-refractivity contribution is 7.71. The van der Waals surface area contributed by atoms with Gasteiger partial charge in [0.2, 0.25) is 11.8 Å². The van der Waals surface area contributed by atoms with E-state index in [9.17, 15) is 9.59 Å². The molecule has 7 nitrogen and oxygen atoms in total. The molecule has 3 aromatic rings. The van der Waals surface area contributed by atoms with E-state index in [1.54, 1.807) is 29.7 Å². The van der Waals surface area contributed by atoms with Crippen molar-refractivity contribution in [1.82, 2.24) is 20.1 Å². The van der Waals surface area contributed by atoms with Crippen LogP contribution >= 0.6 is 23.6 Å². The third-order valence-electron chi connectivity index (χ3n) is 4.14. The summed E-state index contributed by atoms with van der Waals surface area (Å²) in [6, 6.07) is 10.4. The number of amides is 2. The van der Waals surface area contributed by atoms with Crippen molar-refractivity contribution in [2.24, 2.45) is 5.73 Å². The molecule has 9 heteroatoms. The van der Waals surface area contributed by atoms with Crippen LogP contribution in [0.3, 0.4) is 0 Å². The summed E-state index contributed by atoms with van der Waals surface area (Å²) in [6.45, 7) is 2.22. The van der Waals surface area contributed by atoms with Crippen LogP contribution in [0.5, 0.6) is 0 Å². The Morgan fingerprint density at radius 1 is 1.37 bits per heavy atom. The molecule has 2 aromatic heterocycles. The molecule has 2 amide bonds. The van der Waals surface area contributed by atoms with Gasteiger partial charge in [-0.05, 0) is 54.7 Å². The van der Waals surface area contributed by atoms with Gasteiger partial charge < -0.3 is 11.1 Å². The predicted molar refractivity (Wildman–Crippen MR) is 107 cm³/mol. The van der Waals surface area contributed by atoms with Gasteiger partial charge in [0.05, 0.1) is 4.88 Å². The van der Waals surface area contributed by atoms with E-state index in [2.05, 4.69) is 15.5 Å². The lowest BCUT2D eigenvalue weighted by Crippen LogP contribution is -2.32. The predicted octanol–water partition coefficient (Wildman–Crippen LogP) is 2.69. The van der Waals surface area contributed by atoms with E-state index >= 15 is 0 Å². The molecular weight excluding hydrogens is 382 g/mol. The Balaban J connectivity index is 1.65. The van der Waals surface area contributed by atoms with Crippen LogP contribution in [0.2, 0.25) is 0 Å². The average molecular weight is 402 g/mol. The van der Waals surface area contributed by atoms with Gasteiger partial charge in [-0.15, -0.1) is 11.3 Å². The third kappa shape index (κ3) is 4.32. The first-order valence-electron chi connectivity index (χ1n) is 8.34. The Labute approximate surface area is 165 Å². The number of carbonyl (C=O) groups excluding carboxylic acids is 2. The summed E-state index contributed by atoms with van der Waals surface area (Å²) in [7, 11) is 0. The normalized spacial score (nSPS) is 11.9. The zero-order valence-corrected chi connectivity index (χ0v) is 16.3. The number of H-pyrrole nitrogens is 1. The van der Waals surface area contributed by atoms with Crippen LogP contribution in [0.4, 0.5) is 0 Å². The number of nitrogens with zero attached hydrogens (tertiary/aromatic N) is 2. The molecule has 3 rings (SSSR count). The monoisotopic (exact) mass is 401 g/mol. The van der Waals surface area contributed by atoms with Crippen molar-refractivity contribution in [3.8, 4) is 10.7 Å². The summed E-state index contributed by atoms with van der Waals surface area (Å²) in [5.74, 6) is 0.0214. The summed E-state index contributed by atoms with van der Waals surface area (Å²) in [5, 5.41) is 11.9. The molecular formula is C18H19N5O2S2. The molecule has 0 saturated carbocycles. The summed E-state index contributed by atoms with van der Waals surface area (Å²) >= 11 is 6.83. The summed E-state index contributed by atoms with van der Waals surface area (Å²) < 4.78 is 2.11. The maximum atomic E-state index is 12.6. The molecule has 1 atom stereocenters. The van der Waals surface area contributed by atoms with E-state index in [4.69, 9.17) is 18.0 Å². The van der Waals surface area contributed by atoms with Crippen LogP contribution in [0, 0.1) is 4.77 Å². The lowest BCUT2D eigenvalue weighted by molar-refractivity contribution is -0.123. The third-order valence-corrected chi connectivity index (χ3v) is 5.29. The Morgan fingerprint density at radius 3 is 2.89 bits per heavy atom. The molecule has 4 N–H and O–H groups in total. The van der Waals surface area contributed by atoms with E-state index in [1.165, 1.54) is 11.3 Å². The Bertz CT molecular complexity index is 1010. The zero-order valence-electron chi connectivity index (χ0n) is 14.6. The topological polar surface area (TPSA) is 106 Å². The molecule has 0 fully saturated rings. The van der Waals surface area contributed by atoms with E-state index in [1.807, 2.05) is 23.6 Å². The minimum Gasteiger partial charge on any atom is -0.366 e. The minimum atomic E-state index is -0.509. The van der Waals surface area contributed by atoms with E-state index in [0.717, 1.165) is 10.4 Å². The smallest absolute Gasteiger partial charge is 0.248 e. The first kappa shape index (κ1) is 19.0. The summed E-state index contributed by atoms with van der Waals surface area (Å²) in [6.07, 6.45) is 0.591. The van der Waals surface area contributed by atoms with Crippen LogP contribution in [0.15, 0.2) is 41.8 Å². The van der Waals surface area contributed by atoms with Crippen LogP contribution < -0.4 is 11.1 Å². The van der Waals surface area contributed by atoms with E-state index < -0.39 is 11.9 Å². The van der Waals surface area contributed by atoms with Crippen molar-refractivity contribution in [3.05, 3.63) is 57.7 Å². The number of hydrogen-bond acceptors (Lipinski definition) is 5. The average Bonchev–Trinajstić information content (AvgIpc) is 3.30. The molecule has 140 valence electrons. The van der Waals surface area contributed by atoms with Crippen LogP contribution in [0.1, 0.15) is 28.9 Å². The fourth-order valence-electron chi connectivity index (χ4n) is 2.72. The molecule has 0 saturated heterocycles. The highest BCUT2D eigenvalue weighted by Crippen LogP contribution is 2.25. The molecule has 0 aliphatic carbocycles. The molecule has 0 radical (unpaired) electrons. The quantitative estimate of drug-likeness (QED) is 0.529. The molecule has 0 aliphatic heterocycles. The molecule has 1 aromatic carbocycles. The van der Waals surface area contributed by atoms with E-state index in [0.29, 0.717) is 29.1 Å². The Hall–Kier alpha value is -2.78. The van der Waals surface area contributed by atoms with Gasteiger partial charge in [-0.3, -0.25) is 19.3 Å². The number of nitrogens with one attached hydrogen (secondary N) is 2. The second kappa shape index (κ2) is 8.28. The molecule has 27 heavy (non-hydrogen) atoms. The Morgan fingerprint density at radius 2 is 2.19 bits per heavy atom. The number of rotatable bonds is 7. The standard InChI is InChI=1S/C18H19N5O2S2/c1-11(23-16(21-22-18(23)26)14-6-3-9-27-14)17(25)20-8-7-12-4-2-5-13(10-12)15(19)24/h2-6,9-11H,7-8H2,1H3,(H2,19,24)(H,20,25)(H,22,26). The van der Waals surface area contributed by atoms with Crippen molar-refractivity contribution >= 4 is 35.4 Å². The second-order valence-corrected chi connectivity index (χ2v) is 7.32. The van der Waals surface area contributed by atoms with Crippen LogP contribution in [-0.2, 0) is 11.2 Å². The Kier molecular flexibility index (Phi) is 5.82. The van der Waals surface area contributed by atoms with Crippen molar-refractivity contribution in [2.75, 3.05) is 6.54 Å². The SMILES string of the molecule is CC(C(=O)NCCc1cccc(C(N)=O)c1)n1c(-c2cccs2)n[nH]c1=S.